The van der Waals surface area contributed by atoms with Crippen LogP contribution in [0.5, 0.6) is 0 Å². The number of carbonyl (C=O) groups is 1. The van der Waals surface area contributed by atoms with Crippen LogP contribution in [0.4, 0.5) is 0 Å². The molecule has 0 bridgehead atoms. The number of nitrogens with zero attached hydrogens (tertiary/aromatic N) is 1. The summed E-state index contributed by atoms with van der Waals surface area (Å²) in [5.41, 5.74) is 0.0462. The Bertz CT molecular complexity index is 736. The van der Waals surface area contributed by atoms with Crippen LogP contribution in [0.25, 0.3) is 10.9 Å². The highest BCUT2D eigenvalue weighted by Gasteiger charge is 2.11. The first-order valence-electron chi connectivity index (χ1n) is 6.22. The monoisotopic (exact) mass is 270 g/mol. The number of rotatable bonds is 2. The zero-order valence-electron chi connectivity index (χ0n) is 11.0. The molecule has 2 rings (SSSR count). The molecule has 0 radical (unpaired) electrons. The lowest BCUT2D eigenvalue weighted by atomic mass is 10.3. The summed E-state index contributed by atoms with van der Waals surface area (Å²) >= 11 is 0. The van der Waals surface area contributed by atoms with Crippen molar-refractivity contribution in [1.29, 1.82) is 0 Å². The number of aromatic amines is 1. The minimum atomic E-state index is -0.641. The normalized spacial score (nSPS) is 9.85. The molecule has 0 saturated heterocycles. The Kier molecular flexibility index (Phi) is 4.44. The van der Waals surface area contributed by atoms with Gasteiger partial charge in [0.1, 0.15) is 0 Å². The number of carbonyl (C=O) groups excluding carboxylic acids is 1. The number of aromatic nitrogens is 2. The second kappa shape index (κ2) is 6.47. The predicted octanol–water partition coefficient (Wildman–Crippen LogP) is 2.22. The first kappa shape index (κ1) is 13.7. The number of nitrogens with one attached hydrogen (secondary N) is 1. The number of fused-ring (bicyclic) bond motifs is 1. The van der Waals surface area contributed by atoms with Gasteiger partial charge in [-0.3, -0.25) is 4.79 Å². The highest BCUT2D eigenvalue weighted by atomic mass is 16.5. The number of hydrogen-bond donors (Lipinski definition) is 1. The lowest BCUT2D eigenvalue weighted by molar-refractivity contribution is 0.0512. The Hall–Kier alpha value is -2.69. The third kappa shape index (κ3) is 3.20. The van der Waals surface area contributed by atoms with Gasteiger partial charge in [-0.15, -0.1) is 0 Å². The summed E-state index contributed by atoms with van der Waals surface area (Å²) in [6, 6.07) is 14.1. The van der Waals surface area contributed by atoms with E-state index in [4.69, 9.17) is 4.74 Å². The van der Waals surface area contributed by atoms with Crippen molar-refractivity contribution in [2.24, 2.45) is 0 Å². The number of ether oxygens (including phenoxy) is 1. The minimum Gasteiger partial charge on any atom is -0.460 e. The summed E-state index contributed by atoms with van der Waals surface area (Å²) in [4.78, 5) is 30.2. The Morgan fingerprint density at radius 3 is 2.50 bits per heavy atom. The van der Waals surface area contributed by atoms with Crippen LogP contribution in [0.2, 0.25) is 0 Å². The van der Waals surface area contributed by atoms with E-state index in [0.29, 0.717) is 10.9 Å². The highest BCUT2D eigenvalue weighted by molar-refractivity contribution is 5.88. The first-order chi connectivity index (χ1) is 9.72. The quantitative estimate of drug-likeness (QED) is 0.849. The smallest absolute Gasteiger partial charge is 0.374 e. The number of hydrogen-bond acceptors (Lipinski definition) is 4. The summed E-state index contributed by atoms with van der Waals surface area (Å²) in [7, 11) is 0. The second-order valence-electron chi connectivity index (χ2n) is 3.92. The maximum absolute atomic E-state index is 12.0. The van der Waals surface area contributed by atoms with E-state index < -0.39 is 5.97 Å². The molecular weight excluding hydrogens is 256 g/mol. The molecule has 0 fully saturated rings. The molecule has 0 unspecified atom stereocenters. The summed E-state index contributed by atoms with van der Waals surface area (Å²) in [6.07, 6.45) is 0. The maximum atomic E-state index is 12.0. The van der Waals surface area contributed by atoms with E-state index in [9.17, 15) is 9.59 Å². The van der Waals surface area contributed by atoms with Gasteiger partial charge < -0.3 is 9.72 Å². The van der Waals surface area contributed by atoms with Gasteiger partial charge in [0.15, 0.2) is 0 Å². The summed E-state index contributed by atoms with van der Waals surface area (Å²) < 4.78 is 4.84. The second-order valence-corrected chi connectivity index (χ2v) is 3.92. The summed E-state index contributed by atoms with van der Waals surface area (Å²) in [5.74, 6) is -0.734. The molecule has 5 nitrogen and oxygen atoms in total. The van der Waals surface area contributed by atoms with E-state index >= 15 is 0 Å². The lowest BCUT2D eigenvalue weighted by Gasteiger charge is -2.01. The van der Waals surface area contributed by atoms with Crippen LogP contribution < -0.4 is 5.56 Å². The molecule has 1 aromatic carbocycles. The van der Waals surface area contributed by atoms with E-state index in [1.807, 2.05) is 18.2 Å². The van der Waals surface area contributed by atoms with Gasteiger partial charge in [-0.1, -0.05) is 36.4 Å². The van der Waals surface area contributed by atoms with Crippen LogP contribution in [-0.4, -0.2) is 22.5 Å². The molecule has 0 amide bonds. The van der Waals surface area contributed by atoms with Crippen molar-refractivity contribution in [1.82, 2.24) is 9.97 Å². The Labute approximate surface area is 115 Å². The fourth-order valence-corrected chi connectivity index (χ4v) is 1.64. The predicted molar refractivity (Wildman–Crippen MR) is 75.9 cm³/mol. The molecular formula is C15H14N2O3. The molecule has 0 aliphatic heterocycles. The summed E-state index contributed by atoms with van der Waals surface area (Å²) in [6.45, 7) is 1.92. The van der Waals surface area contributed by atoms with E-state index in [-0.39, 0.29) is 18.0 Å². The number of esters is 1. The van der Waals surface area contributed by atoms with Gasteiger partial charge in [0.25, 0.3) is 5.56 Å². The molecule has 0 saturated carbocycles. The van der Waals surface area contributed by atoms with Gasteiger partial charge in [-0.25, -0.2) is 9.78 Å². The van der Waals surface area contributed by atoms with Crippen molar-refractivity contribution in [3.05, 3.63) is 64.7 Å². The molecule has 102 valence electrons. The topological polar surface area (TPSA) is 72.0 Å². The average Bonchev–Trinajstić information content (AvgIpc) is 2.44. The third-order valence-corrected chi connectivity index (χ3v) is 2.53. The average molecular weight is 270 g/mol. The van der Waals surface area contributed by atoms with Gasteiger partial charge >= 0.3 is 5.97 Å². The molecule has 20 heavy (non-hydrogen) atoms. The zero-order chi connectivity index (χ0) is 14.4. The van der Waals surface area contributed by atoms with Crippen LogP contribution >= 0.6 is 0 Å². The van der Waals surface area contributed by atoms with Crippen molar-refractivity contribution in [2.45, 2.75) is 6.92 Å². The highest BCUT2D eigenvalue weighted by Crippen LogP contribution is 2.04. The fourth-order valence-electron chi connectivity index (χ4n) is 1.64. The Morgan fingerprint density at radius 2 is 1.80 bits per heavy atom. The van der Waals surface area contributed by atoms with Crippen molar-refractivity contribution < 1.29 is 9.53 Å². The van der Waals surface area contributed by atoms with Gasteiger partial charge in [0.2, 0.25) is 5.82 Å². The van der Waals surface area contributed by atoms with Crippen LogP contribution in [0, 0.1) is 0 Å². The molecule has 1 aromatic heterocycles. The van der Waals surface area contributed by atoms with E-state index in [1.165, 1.54) is 0 Å². The molecule has 5 heteroatoms. The summed E-state index contributed by atoms with van der Waals surface area (Å²) in [5, 5.41) is 0.397. The third-order valence-electron chi connectivity index (χ3n) is 2.53. The van der Waals surface area contributed by atoms with Gasteiger partial charge in [-0.2, -0.15) is 0 Å². The Balaban J connectivity index is 2.71. The lowest BCUT2D eigenvalue weighted by Crippen LogP contribution is -2.17. The van der Waals surface area contributed by atoms with Crippen LogP contribution in [0.1, 0.15) is 17.5 Å². The molecule has 0 aliphatic carbocycles. The van der Waals surface area contributed by atoms with Gasteiger partial charge in [0, 0.05) is 0 Å². The molecule has 1 heterocycles. The van der Waals surface area contributed by atoms with Crippen LogP contribution in [-0.2, 0) is 4.74 Å². The standard InChI is InChI=1S/C15H14N2O3/c1-2-20-15(19)13-16-12-10-8-6-4-3-5-7-9-11(12)14(18)17-13/h3-10H,2H2,1H3,(H,16,17,18). The molecule has 0 atom stereocenters. The van der Waals surface area contributed by atoms with Crippen molar-refractivity contribution >= 4 is 16.9 Å². The van der Waals surface area contributed by atoms with Crippen molar-refractivity contribution in [3.63, 3.8) is 0 Å². The van der Waals surface area contributed by atoms with Crippen LogP contribution in [0.3, 0.4) is 0 Å². The van der Waals surface area contributed by atoms with Crippen molar-refractivity contribution in [2.75, 3.05) is 6.61 Å². The fraction of sp³-hybridized carbons (Fsp3) is 0.133. The largest absolute Gasteiger partial charge is 0.460 e. The van der Waals surface area contributed by atoms with Gasteiger partial charge in [0.05, 0.1) is 17.5 Å². The SMILES string of the molecule is CCOC(=O)c1nc2ccccccccc2c(=O)[nH]1. The maximum Gasteiger partial charge on any atom is 0.374 e. The molecule has 0 spiro atoms. The molecule has 0 aliphatic rings. The number of H-pyrrole nitrogens is 1. The van der Waals surface area contributed by atoms with Gasteiger partial charge in [-0.05, 0) is 19.1 Å². The van der Waals surface area contributed by atoms with Crippen LogP contribution in [0.15, 0.2) is 53.3 Å². The Morgan fingerprint density at radius 1 is 1.15 bits per heavy atom. The van der Waals surface area contributed by atoms with E-state index in [1.54, 1.807) is 37.3 Å². The molecule has 2 aromatic rings. The van der Waals surface area contributed by atoms with E-state index in [2.05, 4.69) is 9.97 Å². The van der Waals surface area contributed by atoms with E-state index in [0.717, 1.165) is 0 Å². The molecule has 1 N–H and O–H groups in total. The first-order valence-corrected chi connectivity index (χ1v) is 6.22. The van der Waals surface area contributed by atoms with Crippen molar-refractivity contribution in [3.8, 4) is 0 Å². The minimum absolute atomic E-state index is 0.0924. The zero-order valence-corrected chi connectivity index (χ0v) is 11.0.